The Labute approximate surface area is 99.2 Å². The van der Waals surface area contributed by atoms with E-state index in [9.17, 15) is 0 Å². The normalized spacial score (nSPS) is 12.8. The number of thiazole rings is 1. The predicted molar refractivity (Wildman–Crippen MR) is 65.4 cm³/mol. The molecule has 1 unspecified atom stereocenters. The van der Waals surface area contributed by atoms with Gasteiger partial charge in [0.25, 0.3) is 0 Å². The van der Waals surface area contributed by atoms with Crippen molar-refractivity contribution in [2.24, 2.45) is 0 Å². The highest BCUT2D eigenvalue weighted by atomic mass is 32.1. The molecular weight excluding hydrogens is 220 g/mol. The third-order valence-electron chi connectivity index (χ3n) is 2.47. The largest absolute Gasteiger partial charge is 0.349 e. The van der Waals surface area contributed by atoms with Crippen LogP contribution in [-0.2, 0) is 6.42 Å². The number of nitrogens with one attached hydrogen (secondary N) is 2. The Hall–Kier alpha value is -1.20. The third kappa shape index (κ3) is 3.15. The molecule has 2 heterocycles. The lowest BCUT2D eigenvalue weighted by atomic mass is 10.2. The number of nitrogens with zero attached hydrogens (tertiary/aromatic N) is 2. The maximum atomic E-state index is 4.19. The molecule has 16 heavy (non-hydrogen) atoms. The summed E-state index contributed by atoms with van der Waals surface area (Å²) in [5.74, 6) is 1.06. The second-order valence-corrected chi connectivity index (χ2v) is 4.64. The molecule has 0 bridgehead atoms. The number of aromatic amines is 1. The van der Waals surface area contributed by atoms with Crippen molar-refractivity contribution in [3.63, 3.8) is 0 Å². The summed E-state index contributed by atoms with van der Waals surface area (Å²) in [4.78, 5) is 12.7. The van der Waals surface area contributed by atoms with Gasteiger partial charge in [0.15, 0.2) is 0 Å². The molecule has 86 valence electrons. The van der Waals surface area contributed by atoms with E-state index in [0.29, 0.717) is 6.04 Å². The van der Waals surface area contributed by atoms with Crippen molar-refractivity contribution in [2.75, 3.05) is 6.54 Å². The quantitative estimate of drug-likeness (QED) is 0.756. The van der Waals surface area contributed by atoms with Gasteiger partial charge < -0.3 is 10.3 Å². The highest BCUT2D eigenvalue weighted by molar-refractivity contribution is 7.09. The molecule has 0 aliphatic rings. The average molecular weight is 236 g/mol. The first-order chi connectivity index (χ1) is 7.86. The van der Waals surface area contributed by atoms with Crippen LogP contribution in [0.3, 0.4) is 0 Å². The number of aryl methyl sites for hydroxylation is 1. The van der Waals surface area contributed by atoms with E-state index in [1.54, 1.807) is 17.5 Å². The smallest absolute Gasteiger partial charge is 0.106 e. The monoisotopic (exact) mass is 236 g/mol. The van der Waals surface area contributed by atoms with Crippen molar-refractivity contribution >= 4 is 11.3 Å². The zero-order valence-electron chi connectivity index (χ0n) is 9.31. The van der Waals surface area contributed by atoms with Gasteiger partial charge in [-0.2, -0.15) is 0 Å². The van der Waals surface area contributed by atoms with Crippen molar-refractivity contribution in [1.29, 1.82) is 0 Å². The lowest BCUT2D eigenvalue weighted by molar-refractivity contribution is 0.561. The van der Waals surface area contributed by atoms with Crippen LogP contribution in [0, 0.1) is 0 Å². The molecule has 2 rings (SSSR count). The zero-order valence-corrected chi connectivity index (χ0v) is 10.1. The van der Waals surface area contributed by atoms with Crippen LogP contribution in [0.4, 0.5) is 0 Å². The predicted octanol–water partition coefficient (Wildman–Crippen LogP) is 2.15. The first-order valence-electron chi connectivity index (χ1n) is 5.46. The first kappa shape index (κ1) is 11.3. The van der Waals surface area contributed by atoms with Crippen LogP contribution in [0.2, 0.25) is 0 Å². The summed E-state index contributed by atoms with van der Waals surface area (Å²) in [7, 11) is 0. The highest BCUT2D eigenvalue weighted by Gasteiger charge is 2.05. The van der Waals surface area contributed by atoms with Crippen LogP contribution in [0.1, 0.15) is 30.1 Å². The minimum atomic E-state index is 0.393. The van der Waals surface area contributed by atoms with Crippen molar-refractivity contribution in [2.45, 2.75) is 25.8 Å². The summed E-state index contributed by atoms with van der Waals surface area (Å²) in [6.07, 6.45) is 7.67. The number of imidazole rings is 1. The van der Waals surface area contributed by atoms with Gasteiger partial charge in [0.2, 0.25) is 0 Å². The lowest BCUT2D eigenvalue weighted by Crippen LogP contribution is -2.19. The molecule has 0 aromatic carbocycles. The molecule has 5 heteroatoms. The summed E-state index contributed by atoms with van der Waals surface area (Å²) in [5, 5.41) is 3.48. The first-order valence-corrected chi connectivity index (χ1v) is 6.34. The Morgan fingerprint density at radius 1 is 1.56 bits per heavy atom. The second-order valence-electron chi connectivity index (χ2n) is 3.72. The Kier molecular flexibility index (Phi) is 4.07. The van der Waals surface area contributed by atoms with Gasteiger partial charge in [-0.3, -0.25) is 4.98 Å². The van der Waals surface area contributed by atoms with Gasteiger partial charge in [-0.05, 0) is 19.9 Å². The summed E-state index contributed by atoms with van der Waals surface area (Å²) in [6, 6.07) is 0.393. The summed E-state index contributed by atoms with van der Waals surface area (Å²) in [5.41, 5.74) is 1.87. The van der Waals surface area contributed by atoms with E-state index in [2.05, 4.69) is 27.2 Å². The lowest BCUT2D eigenvalue weighted by Gasteiger charge is -2.10. The van der Waals surface area contributed by atoms with Gasteiger partial charge in [0.05, 0.1) is 5.51 Å². The minimum absolute atomic E-state index is 0.393. The van der Waals surface area contributed by atoms with Crippen LogP contribution < -0.4 is 5.32 Å². The SMILES string of the molecule is CC(NCCCc1ncc[nH]1)c1cncs1. The van der Waals surface area contributed by atoms with Gasteiger partial charge >= 0.3 is 0 Å². The second kappa shape index (κ2) is 5.77. The van der Waals surface area contributed by atoms with Gasteiger partial charge in [0, 0.05) is 35.9 Å². The Balaban J connectivity index is 1.65. The van der Waals surface area contributed by atoms with Gasteiger partial charge in [-0.15, -0.1) is 11.3 Å². The van der Waals surface area contributed by atoms with Crippen LogP contribution in [-0.4, -0.2) is 21.5 Å². The van der Waals surface area contributed by atoms with E-state index >= 15 is 0 Å². The molecule has 0 saturated carbocycles. The maximum absolute atomic E-state index is 4.19. The average Bonchev–Trinajstić information content (AvgIpc) is 2.96. The minimum Gasteiger partial charge on any atom is -0.349 e. The molecule has 0 saturated heterocycles. The van der Waals surface area contributed by atoms with E-state index in [1.165, 1.54) is 4.88 Å². The Morgan fingerprint density at radius 3 is 3.19 bits per heavy atom. The standard InChI is InChI=1S/C11H16N4S/c1-9(10-7-12-8-16-10)13-4-2-3-11-14-5-6-15-11/h5-9,13H,2-4H2,1H3,(H,14,15). The van der Waals surface area contributed by atoms with E-state index in [1.807, 2.05) is 17.9 Å². The van der Waals surface area contributed by atoms with Crippen LogP contribution in [0.25, 0.3) is 0 Å². The van der Waals surface area contributed by atoms with Gasteiger partial charge in [-0.25, -0.2) is 4.98 Å². The maximum Gasteiger partial charge on any atom is 0.106 e. The fourth-order valence-electron chi connectivity index (χ4n) is 1.55. The number of hydrogen-bond acceptors (Lipinski definition) is 4. The molecule has 0 fully saturated rings. The summed E-state index contributed by atoms with van der Waals surface area (Å²) < 4.78 is 0. The molecule has 2 aromatic rings. The van der Waals surface area contributed by atoms with E-state index in [4.69, 9.17) is 0 Å². The summed E-state index contributed by atoms with van der Waals surface area (Å²) in [6.45, 7) is 3.17. The topological polar surface area (TPSA) is 53.6 Å². The van der Waals surface area contributed by atoms with Gasteiger partial charge in [-0.1, -0.05) is 0 Å². The third-order valence-corrected chi connectivity index (χ3v) is 3.43. The molecule has 0 radical (unpaired) electrons. The fourth-order valence-corrected chi connectivity index (χ4v) is 2.20. The number of H-pyrrole nitrogens is 1. The van der Waals surface area contributed by atoms with Crippen molar-refractivity contribution in [1.82, 2.24) is 20.3 Å². The number of hydrogen-bond donors (Lipinski definition) is 2. The Morgan fingerprint density at radius 2 is 2.50 bits per heavy atom. The van der Waals surface area contributed by atoms with Gasteiger partial charge in [0.1, 0.15) is 5.82 Å². The molecule has 0 spiro atoms. The number of aromatic nitrogens is 3. The fraction of sp³-hybridized carbons (Fsp3) is 0.455. The Bertz CT molecular complexity index is 382. The van der Waals surface area contributed by atoms with Crippen molar-refractivity contribution < 1.29 is 0 Å². The molecule has 0 amide bonds. The molecule has 1 atom stereocenters. The van der Waals surface area contributed by atoms with E-state index in [0.717, 1.165) is 25.2 Å². The molecule has 4 nitrogen and oxygen atoms in total. The zero-order chi connectivity index (χ0) is 11.2. The molecule has 2 aromatic heterocycles. The van der Waals surface area contributed by atoms with Crippen LogP contribution in [0.15, 0.2) is 24.1 Å². The van der Waals surface area contributed by atoms with E-state index < -0.39 is 0 Å². The molecule has 0 aliphatic carbocycles. The summed E-state index contributed by atoms with van der Waals surface area (Å²) >= 11 is 1.69. The van der Waals surface area contributed by atoms with Crippen molar-refractivity contribution in [3.05, 3.63) is 34.8 Å². The molecule has 2 N–H and O–H groups in total. The van der Waals surface area contributed by atoms with Crippen LogP contribution in [0.5, 0.6) is 0 Å². The van der Waals surface area contributed by atoms with E-state index in [-0.39, 0.29) is 0 Å². The number of rotatable bonds is 6. The van der Waals surface area contributed by atoms with Crippen molar-refractivity contribution in [3.8, 4) is 0 Å². The molecular formula is C11H16N4S. The highest BCUT2D eigenvalue weighted by Crippen LogP contribution is 2.15. The van der Waals surface area contributed by atoms with Crippen LogP contribution >= 0.6 is 11.3 Å². The molecule has 0 aliphatic heterocycles.